The van der Waals surface area contributed by atoms with Gasteiger partial charge in [0, 0.05) is 38.2 Å². The van der Waals surface area contributed by atoms with E-state index in [2.05, 4.69) is 9.80 Å². The van der Waals surface area contributed by atoms with Crippen LogP contribution >= 0.6 is 23.2 Å². The van der Waals surface area contributed by atoms with Gasteiger partial charge in [-0.15, -0.1) is 0 Å². The van der Waals surface area contributed by atoms with E-state index in [-0.39, 0.29) is 11.5 Å². The number of hydrogen-bond acceptors (Lipinski definition) is 5. The minimum atomic E-state index is 0.0438. The molecular formula is C22H26Cl2N2O3. The molecule has 0 spiro atoms. The third-order valence-corrected chi connectivity index (χ3v) is 6.08. The lowest BCUT2D eigenvalue weighted by atomic mass is 10.0. The quantitative estimate of drug-likeness (QED) is 0.471. The Morgan fingerprint density at radius 3 is 2.59 bits per heavy atom. The zero-order valence-electron chi connectivity index (χ0n) is 16.5. The molecule has 0 unspecified atom stereocenters. The number of hydrogen-bond donors (Lipinski definition) is 1. The van der Waals surface area contributed by atoms with E-state index in [1.165, 1.54) is 13.2 Å². The Morgan fingerprint density at radius 2 is 1.86 bits per heavy atom. The predicted octanol–water partition coefficient (Wildman–Crippen LogP) is 4.88. The molecule has 0 aromatic heterocycles. The summed E-state index contributed by atoms with van der Waals surface area (Å²) in [4.78, 5) is 17.0. The Morgan fingerprint density at radius 1 is 1.10 bits per heavy atom. The number of aromatic hydroxyl groups is 1. The van der Waals surface area contributed by atoms with Gasteiger partial charge in [-0.1, -0.05) is 29.3 Å². The number of methoxy groups -OCH3 is 1. The number of anilines is 1. The number of Topliss-reactive ketones (excluding diaryl/α,β-unsaturated/α-hetero) is 1. The first-order valence-corrected chi connectivity index (χ1v) is 10.6. The Labute approximate surface area is 181 Å². The van der Waals surface area contributed by atoms with Gasteiger partial charge >= 0.3 is 0 Å². The fourth-order valence-corrected chi connectivity index (χ4v) is 3.98. The standard InChI is InChI=1S/C22H26Cl2N2O3/c1-29-21-15-16(8-9-20(21)28)19(27)7-2-3-10-25-11-13-26(14-12-25)18-6-4-5-17(23)22(18)24/h4-6,8-9,15,28H,2-3,7,10-14H2,1H3. The molecule has 0 aliphatic carbocycles. The molecule has 2 aromatic carbocycles. The van der Waals surface area contributed by atoms with Gasteiger partial charge in [-0.25, -0.2) is 0 Å². The largest absolute Gasteiger partial charge is 0.504 e. The molecule has 1 N–H and O–H groups in total. The van der Waals surface area contributed by atoms with Crippen LogP contribution < -0.4 is 9.64 Å². The molecule has 0 saturated carbocycles. The number of nitrogens with zero attached hydrogens (tertiary/aromatic N) is 2. The van der Waals surface area contributed by atoms with Gasteiger partial charge in [-0.05, 0) is 49.7 Å². The second kappa shape index (κ2) is 10.2. The summed E-state index contributed by atoms with van der Waals surface area (Å²) in [6, 6.07) is 10.5. The van der Waals surface area contributed by atoms with Crippen molar-refractivity contribution in [2.75, 3.05) is 44.7 Å². The zero-order chi connectivity index (χ0) is 20.8. The second-order valence-electron chi connectivity index (χ2n) is 7.17. The Balaban J connectivity index is 1.40. The van der Waals surface area contributed by atoms with Crippen LogP contribution in [0, 0.1) is 0 Å². The van der Waals surface area contributed by atoms with E-state index in [1.807, 2.05) is 12.1 Å². The summed E-state index contributed by atoms with van der Waals surface area (Å²) in [5.41, 5.74) is 1.57. The van der Waals surface area contributed by atoms with Crippen LogP contribution in [0.4, 0.5) is 5.69 Å². The molecule has 156 valence electrons. The molecule has 2 aromatic rings. The Hall–Kier alpha value is -1.95. The summed E-state index contributed by atoms with van der Waals surface area (Å²) in [6.07, 6.45) is 2.30. The van der Waals surface area contributed by atoms with E-state index in [0.29, 0.717) is 27.8 Å². The number of unbranched alkanes of at least 4 members (excludes halogenated alkanes) is 1. The van der Waals surface area contributed by atoms with Crippen LogP contribution in [0.25, 0.3) is 0 Å². The second-order valence-corrected chi connectivity index (χ2v) is 7.95. The van der Waals surface area contributed by atoms with Crippen molar-refractivity contribution in [3.05, 3.63) is 52.0 Å². The number of piperazine rings is 1. The lowest BCUT2D eigenvalue weighted by Crippen LogP contribution is -2.46. The van der Waals surface area contributed by atoms with Crippen LogP contribution in [0.2, 0.25) is 10.0 Å². The predicted molar refractivity (Wildman–Crippen MR) is 118 cm³/mol. The first-order chi connectivity index (χ1) is 14.0. The lowest BCUT2D eigenvalue weighted by molar-refractivity contribution is 0.0977. The van der Waals surface area contributed by atoms with E-state index in [0.717, 1.165) is 51.3 Å². The molecule has 29 heavy (non-hydrogen) atoms. The van der Waals surface area contributed by atoms with E-state index in [4.69, 9.17) is 27.9 Å². The minimum Gasteiger partial charge on any atom is -0.504 e. The average Bonchev–Trinajstić information content (AvgIpc) is 2.74. The number of ether oxygens (including phenoxy) is 1. The Kier molecular flexibility index (Phi) is 7.64. The van der Waals surface area contributed by atoms with Crippen molar-refractivity contribution in [1.82, 2.24) is 4.90 Å². The van der Waals surface area contributed by atoms with Crippen molar-refractivity contribution >= 4 is 34.7 Å². The highest BCUT2D eigenvalue weighted by atomic mass is 35.5. The first kappa shape index (κ1) is 21.8. The van der Waals surface area contributed by atoms with Crippen molar-refractivity contribution in [2.45, 2.75) is 19.3 Å². The SMILES string of the molecule is COc1cc(C(=O)CCCCN2CCN(c3cccc(Cl)c3Cl)CC2)ccc1O. The van der Waals surface area contributed by atoms with Gasteiger partial charge in [0.1, 0.15) is 0 Å². The number of rotatable bonds is 8. The van der Waals surface area contributed by atoms with Gasteiger partial charge in [0.05, 0.1) is 22.8 Å². The Bertz CT molecular complexity index is 852. The molecule has 1 heterocycles. The molecule has 0 amide bonds. The lowest BCUT2D eigenvalue weighted by Gasteiger charge is -2.36. The van der Waals surface area contributed by atoms with Crippen LogP contribution in [-0.4, -0.2) is 55.6 Å². The molecule has 1 aliphatic rings. The maximum absolute atomic E-state index is 12.4. The molecule has 3 rings (SSSR count). The normalized spacial score (nSPS) is 14.8. The van der Waals surface area contributed by atoms with Crippen LogP contribution in [0.3, 0.4) is 0 Å². The van der Waals surface area contributed by atoms with Gasteiger partial charge in [0.25, 0.3) is 0 Å². The van der Waals surface area contributed by atoms with Crippen LogP contribution in [0.15, 0.2) is 36.4 Å². The number of ketones is 1. The van der Waals surface area contributed by atoms with E-state index in [9.17, 15) is 9.90 Å². The highest BCUT2D eigenvalue weighted by Crippen LogP contribution is 2.33. The fourth-order valence-electron chi connectivity index (χ4n) is 3.57. The summed E-state index contributed by atoms with van der Waals surface area (Å²) in [5, 5.41) is 10.8. The molecule has 1 fully saturated rings. The van der Waals surface area contributed by atoms with E-state index in [1.54, 1.807) is 18.2 Å². The number of carbonyl (C=O) groups is 1. The van der Waals surface area contributed by atoms with Crippen LogP contribution in [-0.2, 0) is 0 Å². The first-order valence-electron chi connectivity index (χ1n) is 9.81. The summed E-state index contributed by atoms with van der Waals surface area (Å²) in [5.74, 6) is 0.444. The maximum atomic E-state index is 12.4. The van der Waals surface area contributed by atoms with E-state index < -0.39 is 0 Å². The van der Waals surface area contributed by atoms with Crippen molar-refractivity contribution < 1.29 is 14.6 Å². The van der Waals surface area contributed by atoms with Gasteiger partial charge in [-0.3, -0.25) is 9.69 Å². The molecular weight excluding hydrogens is 411 g/mol. The number of phenolic OH excluding ortho intramolecular Hbond substituents is 1. The summed E-state index contributed by atoms with van der Waals surface area (Å²) < 4.78 is 5.07. The van der Waals surface area contributed by atoms with Crippen molar-refractivity contribution in [3.63, 3.8) is 0 Å². The molecule has 0 atom stereocenters. The van der Waals surface area contributed by atoms with E-state index >= 15 is 0 Å². The summed E-state index contributed by atoms with van der Waals surface area (Å²) >= 11 is 12.5. The molecule has 1 saturated heterocycles. The fraction of sp³-hybridized carbons (Fsp3) is 0.409. The highest BCUT2D eigenvalue weighted by Gasteiger charge is 2.19. The third kappa shape index (κ3) is 5.56. The van der Waals surface area contributed by atoms with Crippen molar-refractivity contribution in [3.8, 4) is 11.5 Å². The van der Waals surface area contributed by atoms with Crippen LogP contribution in [0.5, 0.6) is 11.5 Å². The topological polar surface area (TPSA) is 53.0 Å². The smallest absolute Gasteiger partial charge is 0.163 e. The third-order valence-electron chi connectivity index (χ3n) is 5.27. The molecule has 5 nitrogen and oxygen atoms in total. The summed E-state index contributed by atoms with van der Waals surface area (Å²) in [6.45, 7) is 4.72. The average molecular weight is 437 g/mol. The molecule has 0 bridgehead atoms. The molecule has 0 radical (unpaired) electrons. The molecule has 7 heteroatoms. The number of halogens is 2. The van der Waals surface area contributed by atoms with Crippen molar-refractivity contribution in [2.24, 2.45) is 0 Å². The molecule has 1 aliphatic heterocycles. The maximum Gasteiger partial charge on any atom is 0.163 e. The van der Waals surface area contributed by atoms with Gasteiger partial charge in [-0.2, -0.15) is 0 Å². The highest BCUT2D eigenvalue weighted by molar-refractivity contribution is 6.43. The minimum absolute atomic E-state index is 0.0438. The number of phenols is 1. The van der Waals surface area contributed by atoms with Crippen LogP contribution in [0.1, 0.15) is 29.6 Å². The van der Waals surface area contributed by atoms with Gasteiger partial charge < -0.3 is 14.7 Å². The van der Waals surface area contributed by atoms with Gasteiger partial charge in [0.15, 0.2) is 17.3 Å². The monoisotopic (exact) mass is 436 g/mol. The number of carbonyl (C=O) groups excluding carboxylic acids is 1. The number of benzene rings is 2. The zero-order valence-corrected chi connectivity index (χ0v) is 18.0. The van der Waals surface area contributed by atoms with Gasteiger partial charge in [0.2, 0.25) is 0 Å². The van der Waals surface area contributed by atoms with Crippen molar-refractivity contribution in [1.29, 1.82) is 0 Å². The summed E-state index contributed by atoms with van der Waals surface area (Å²) in [7, 11) is 1.48.